The fourth-order valence-electron chi connectivity index (χ4n) is 2.47. The minimum atomic E-state index is -0.572. The van der Waals surface area contributed by atoms with Crippen molar-refractivity contribution in [1.82, 2.24) is 9.88 Å². The number of carbonyl (C=O) groups is 1. The number of pyridine rings is 1. The highest BCUT2D eigenvalue weighted by Gasteiger charge is 2.29. The van der Waals surface area contributed by atoms with E-state index in [4.69, 9.17) is 0 Å². The Morgan fingerprint density at radius 2 is 1.83 bits per heavy atom. The van der Waals surface area contributed by atoms with Crippen molar-refractivity contribution in [2.24, 2.45) is 0 Å². The molecule has 0 atom stereocenters. The van der Waals surface area contributed by atoms with Gasteiger partial charge in [0.25, 0.3) is 0 Å². The quantitative estimate of drug-likeness (QED) is 0.735. The Morgan fingerprint density at radius 1 is 1.12 bits per heavy atom. The number of rotatable bonds is 7. The maximum absolute atomic E-state index is 12.5. The van der Waals surface area contributed by atoms with Gasteiger partial charge in [-0.25, -0.2) is 0 Å². The van der Waals surface area contributed by atoms with Gasteiger partial charge in [-0.1, -0.05) is 34.1 Å². The van der Waals surface area contributed by atoms with E-state index >= 15 is 0 Å². The zero-order valence-corrected chi connectivity index (χ0v) is 15.7. The van der Waals surface area contributed by atoms with Crippen molar-refractivity contribution >= 4 is 21.8 Å². The largest absolute Gasteiger partial charge is 0.355 e. The Bertz CT molecular complexity index is 736. The van der Waals surface area contributed by atoms with E-state index in [1.54, 1.807) is 22.9 Å². The molecule has 0 aliphatic carbocycles. The molecule has 1 aromatic carbocycles. The second kappa shape index (κ2) is 8.29. The molecule has 1 amide bonds. The summed E-state index contributed by atoms with van der Waals surface area (Å²) in [6.45, 7) is 5.14. The van der Waals surface area contributed by atoms with Crippen LogP contribution in [-0.2, 0) is 16.8 Å². The van der Waals surface area contributed by atoms with Gasteiger partial charge in [-0.05, 0) is 50.5 Å². The molecule has 0 radical (unpaired) electrons. The van der Waals surface area contributed by atoms with Crippen molar-refractivity contribution in [3.63, 3.8) is 0 Å². The zero-order valence-electron chi connectivity index (χ0n) is 14.1. The van der Waals surface area contributed by atoms with Gasteiger partial charge in [-0.3, -0.25) is 9.59 Å². The fraction of sp³-hybridized carbons (Fsp3) is 0.368. The highest BCUT2D eigenvalue weighted by atomic mass is 79.9. The smallest absolute Gasteiger partial charge is 0.250 e. The van der Waals surface area contributed by atoms with Gasteiger partial charge in [0, 0.05) is 29.8 Å². The standard InChI is InChI=1S/C19H23BrN2O2/c1-19(2,15-8-10-16(20)11-9-15)18(24)21-12-4-6-14-22-13-5-3-7-17(22)23/h3,5,7-11,13H,4,6,12,14H2,1-2H3,(H,21,24). The molecule has 128 valence electrons. The first kappa shape index (κ1) is 18.5. The predicted octanol–water partition coefficient (Wildman–Crippen LogP) is 3.49. The third-order valence-corrected chi connectivity index (χ3v) is 4.67. The van der Waals surface area contributed by atoms with E-state index in [9.17, 15) is 9.59 Å². The lowest BCUT2D eigenvalue weighted by molar-refractivity contribution is -0.125. The van der Waals surface area contributed by atoms with E-state index in [2.05, 4.69) is 21.2 Å². The van der Waals surface area contributed by atoms with Crippen molar-refractivity contribution in [2.45, 2.75) is 38.6 Å². The van der Waals surface area contributed by atoms with Gasteiger partial charge in [-0.15, -0.1) is 0 Å². The van der Waals surface area contributed by atoms with Crippen molar-refractivity contribution < 1.29 is 4.79 Å². The number of unbranched alkanes of at least 4 members (excludes halogenated alkanes) is 1. The van der Waals surface area contributed by atoms with Crippen LogP contribution >= 0.6 is 15.9 Å². The molecule has 0 aliphatic heterocycles. The lowest BCUT2D eigenvalue weighted by Gasteiger charge is -2.24. The van der Waals surface area contributed by atoms with Crippen LogP contribution in [0.5, 0.6) is 0 Å². The van der Waals surface area contributed by atoms with E-state index in [1.165, 1.54) is 0 Å². The Labute approximate surface area is 151 Å². The lowest BCUT2D eigenvalue weighted by atomic mass is 9.84. The number of benzene rings is 1. The van der Waals surface area contributed by atoms with E-state index in [1.807, 2.05) is 44.2 Å². The summed E-state index contributed by atoms with van der Waals surface area (Å²) in [6.07, 6.45) is 3.48. The maximum atomic E-state index is 12.5. The van der Waals surface area contributed by atoms with Crippen LogP contribution in [0.25, 0.3) is 0 Å². The van der Waals surface area contributed by atoms with Crippen LogP contribution in [0.4, 0.5) is 0 Å². The van der Waals surface area contributed by atoms with E-state index in [-0.39, 0.29) is 11.5 Å². The average molecular weight is 391 g/mol. The first-order valence-electron chi connectivity index (χ1n) is 8.11. The molecule has 0 aliphatic rings. The molecule has 0 saturated heterocycles. The van der Waals surface area contributed by atoms with Crippen molar-refractivity contribution in [3.8, 4) is 0 Å². The Morgan fingerprint density at radius 3 is 2.50 bits per heavy atom. The number of aromatic nitrogens is 1. The summed E-state index contributed by atoms with van der Waals surface area (Å²) in [5.41, 5.74) is 0.425. The number of hydrogen-bond acceptors (Lipinski definition) is 2. The van der Waals surface area contributed by atoms with Gasteiger partial charge < -0.3 is 9.88 Å². The predicted molar refractivity (Wildman–Crippen MR) is 100 cm³/mol. The summed E-state index contributed by atoms with van der Waals surface area (Å²) >= 11 is 3.41. The van der Waals surface area contributed by atoms with Gasteiger partial charge in [0.05, 0.1) is 5.41 Å². The molecule has 0 unspecified atom stereocenters. The van der Waals surface area contributed by atoms with E-state index in [0.717, 1.165) is 22.9 Å². The molecular weight excluding hydrogens is 368 g/mol. The van der Waals surface area contributed by atoms with Gasteiger partial charge in [-0.2, -0.15) is 0 Å². The van der Waals surface area contributed by atoms with Crippen molar-refractivity contribution in [1.29, 1.82) is 0 Å². The van der Waals surface area contributed by atoms with Crippen LogP contribution in [0.2, 0.25) is 0 Å². The first-order chi connectivity index (χ1) is 11.4. The van der Waals surface area contributed by atoms with Crippen LogP contribution in [0.3, 0.4) is 0 Å². The van der Waals surface area contributed by atoms with Gasteiger partial charge >= 0.3 is 0 Å². The maximum Gasteiger partial charge on any atom is 0.250 e. The summed E-state index contributed by atoms with van der Waals surface area (Å²) in [5.74, 6) is 0.0155. The lowest BCUT2D eigenvalue weighted by Crippen LogP contribution is -2.40. The highest BCUT2D eigenvalue weighted by molar-refractivity contribution is 9.10. The minimum absolute atomic E-state index is 0.0120. The number of amides is 1. The third kappa shape index (κ3) is 4.81. The Kier molecular flexibility index (Phi) is 6.37. The molecule has 2 aromatic rings. The average Bonchev–Trinajstić information content (AvgIpc) is 2.56. The first-order valence-corrected chi connectivity index (χ1v) is 8.90. The summed E-state index contributed by atoms with van der Waals surface area (Å²) in [7, 11) is 0. The SMILES string of the molecule is CC(C)(C(=O)NCCCCn1ccccc1=O)c1ccc(Br)cc1. The molecule has 1 N–H and O–H groups in total. The summed E-state index contributed by atoms with van der Waals surface area (Å²) in [6, 6.07) is 13.0. The van der Waals surface area contributed by atoms with Gasteiger partial charge in [0.1, 0.15) is 0 Å². The number of nitrogens with one attached hydrogen (secondary N) is 1. The van der Waals surface area contributed by atoms with Crippen molar-refractivity contribution in [3.05, 3.63) is 69.1 Å². The molecule has 24 heavy (non-hydrogen) atoms. The second-order valence-corrected chi connectivity index (χ2v) is 7.24. The van der Waals surface area contributed by atoms with Gasteiger partial charge in [0.15, 0.2) is 0 Å². The van der Waals surface area contributed by atoms with E-state index in [0.29, 0.717) is 13.1 Å². The van der Waals surface area contributed by atoms with Gasteiger partial charge in [0.2, 0.25) is 11.5 Å². The molecule has 4 nitrogen and oxygen atoms in total. The number of halogens is 1. The van der Waals surface area contributed by atoms with Crippen molar-refractivity contribution in [2.75, 3.05) is 6.54 Å². The van der Waals surface area contributed by atoms with E-state index < -0.39 is 5.41 Å². The highest BCUT2D eigenvalue weighted by Crippen LogP contribution is 2.24. The molecule has 1 aromatic heterocycles. The summed E-state index contributed by atoms with van der Waals surface area (Å²) in [4.78, 5) is 24.1. The molecule has 2 rings (SSSR count). The molecule has 0 saturated carbocycles. The molecule has 0 spiro atoms. The van der Waals surface area contributed by atoms with Crippen LogP contribution in [0.15, 0.2) is 57.9 Å². The zero-order chi connectivity index (χ0) is 17.6. The Balaban J connectivity index is 1.79. The second-order valence-electron chi connectivity index (χ2n) is 6.33. The fourth-order valence-corrected chi connectivity index (χ4v) is 2.74. The number of nitrogens with zero attached hydrogens (tertiary/aromatic N) is 1. The Hall–Kier alpha value is -1.88. The topological polar surface area (TPSA) is 51.1 Å². The summed E-state index contributed by atoms with van der Waals surface area (Å²) < 4.78 is 2.69. The number of hydrogen-bond donors (Lipinski definition) is 1. The number of aryl methyl sites for hydroxylation is 1. The molecule has 0 fully saturated rings. The number of carbonyl (C=O) groups excluding carboxylic acids is 1. The molecule has 0 bridgehead atoms. The monoisotopic (exact) mass is 390 g/mol. The normalized spacial score (nSPS) is 11.3. The molecule has 1 heterocycles. The third-order valence-electron chi connectivity index (χ3n) is 4.14. The van der Waals surface area contributed by atoms with Crippen LogP contribution in [0, 0.1) is 0 Å². The van der Waals surface area contributed by atoms with Crippen LogP contribution in [0.1, 0.15) is 32.3 Å². The molecular formula is C19H23BrN2O2. The van der Waals surface area contributed by atoms with Crippen LogP contribution in [-0.4, -0.2) is 17.0 Å². The molecule has 5 heteroatoms. The van der Waals surface area contributed by atoms with Crippen LogP contribution < -0.4 is 10.9 Å². The summed E-state index contributed by atoms with van der Waals surface area (Å²) in [5, 5.41) is 3.00. The minimum Gasteiger partial charge on any atom is -0.355 e.